The van der Waals surface area contributed by atoms with Gasteiger partial charge in [-0.3, -0.25) is 4.79 Å². The van der Waals surface area contributed by atoms with Crippen molar-refractivity contribution in [3.63, 3.8) is 0 Å². The Labute approximate surface area is 185 Å². The molecule has 0 radical (unpaired) electrons. The van der Waals surface area contributed by atoms with Gasteiger partial charge < -0.3 is 10.2 Å². The standard InChI is InChI=1S/C20H18BrCl2F3N2O/c1-28(19(29)12-6-13(20(24,25)26)9-14(21)7-12)18-4-5-27-10-15(18)11-2-3-16(22)17(23)8-11/h2-3,6-9,15,18,27H,4-5,10H2,1H3/t15-,18+/m0/s1. The second-order valence-corrected chi connectivity index (χ2v) is 8.71. The maximum absolute atomic E-state index is 13.1. The van der Waals surface area contributed by atoms with Gasteiger partial charge in [0.1, 0.15) is 0 Å². The zero-order valence-electron chi connectivity index (χ0n) is 15.4. The molecule has 0 spiro atoms. The second kappa shape index (κ2) is 8.84. The van der Waals surface area contributed by atoms with Crippen LogP contribution >= 0.6 is 39.1 Å². The molecule has 3 rings (SSSR count). The Morgan fingerprint density at radius 2 is 1.90 bits per heavy atom. The van der Waals surface area contributed by atoms with Crippen LogP contribution in [0.15, 0.2) is 40.9 Å². The Bertz CT molecular complexity index is 923. The van der Waals surface area contributed by atoms with Gasteiger partial charge >= 0.3 is 6.18 Å². The van der Waals surface area contributed by atoms with Gasteiger partial charge in [-0.15, -0.1) is 0 Å². The Morgan fingerprint density at radius 1 is 1.17 bits per heavy atom. The van der Waals surface area contributed by atoms with E-state index in [1.165, 1.54) is 11.0 Å². The largest absolute Gasteiger partial charge is 0.416 e. The molecule has 1 N–H and O–H groups in total. The van der Waals surface area contributed by atoms with Gasteiger partial charge in [-0.25, -0.2) is 0 Å². The summed E-state index contributed by atoms with van der Waals surface area (Å²) in [5.74, 6) is -0.532. The normalized spacial score (nSPS) is 19.8. The fourth-order valence-electron chi connectivity index (χ4n) is 3.62. The van der Waals surface area contributed by atoms with E-state index in [-0.39, 0.29) is 22.0 Å². The highest BCUT2D eigenvalue weighted by molar-refractivity contribution is 9.10. The SMILES string of the molecule is CN(C(=O)c1cc(Br)cc(C(F)(F)F)c1)[C@@H]1CCNC[C@H]1c1ccc(Cl)c(Cl)c1. The van der Waals surface area contributed by atoms with Gasteiger partial charge in [0.25, 0.3) is 5.91 Å². The summed E-state index contributed by atoms with van der Waals surface area (Å²) in [6, 6.07) is 8.39. The number of alkyl halides is 3. The van der Waals surface area contributed by atoms with Crippen molar-refractivity contribution in [1.29, 1.82) is 0 Å². The highest BCUT2D eigenvalue weighted by atomic mass is 79.9. The van der Waals surface area contributed by atoms with Crippen LogP contribution in [0.2, 0.25) is 10.0 Å². The number of benzene rings is 2. The molecule has 0 bridgehead atoms. The van der Waals surface area contributed by atoms with Gasteiger partial charge in [0.2, 0.25) is 0 Å². The van der Waals surface area contributed by atoms with E-state index in [1.54, 1.807) is 19.2 Å². The fraction of sp³-hybridized carbons (Fsp3) is 0.350. The Hall–Kier alpha value is -1.28. The molecule has 3 nitrogen and oxygen atoms in total. The van der Waals surface area contributed by atoms with E-state index in [1.807, 2.05) is 6.07 Å². The lowest BCUT2D eigenvalue weighted by Gasteiger charge is -2.39. The summed E-state index contributed by atoms with van der Waals surface area (Å²) in [4.78, 5) is 14.6. The molecular formula is C20H18BrCl2F3N2O. The van der Waals surface area contributed by atoms with Gasteiger partial charge in [-0.1, -0.05) is 45.2 Å². The minimum atomic E-state index is -4.53. The molecule has 9 heteroatoms. The van der Waals surface area contributed by atoms with Crippen LogP contribution in [0.25, 0.3) is 0 Å². The van der Waals surface area contributed by atoms with E-state index in [9.17, 15) is 18.0 Å². The zero-order valence-corrected chi connectivity index (χ0v) is 18.5. The van der Waals surface area contributed by atoms with E-state index in [4.69, 9.17) is 23.2 Å². The van der Waals surface area contributed by atoms with Crippen molar-refractivity contribution in [3.8, 4) is 0 Å². The van der Waals surface area contributed by atoms with Crippen LogP contribution in [0.3, 0.4) is 0 Å². The maximum Gasteiger partial charge on any atom is 0.416 e. The minimum Gasteiger partial charge on any atom is -0.338 e. The minimum absolute atomic E-state index is 0.0133. The zero-order chi connectivity index (χ0) is 21.3. The number of carbonyl (C=O) groups is 1. The third-order valence-corrected chi connectivity index (χ3v) is 6.30. The van der Waals surface area contributed by atoms with Gasteiger partial charge in [-0.05, 0) is 48.9 Å². The Morgan fingerprint density at radius 3 is 2.55 bits per heavy atom. The lowest BCUT2D eigenvalue weighted by molar-refractivity contribution is -0.137. The number of likely N-dealkylation sites (N-methyl/N-ethyl adjacent to an activating group) is 1. The molecule has 1 heterocycles. The molecule has 29 heavy (non-hydrogen) atoms. The second-order valence-electron chi connectivity index (χ2n) is 6.98. The predicted molar refractivity (Wildman–Crippen MR) is 112 cm³/mol. The molecule has 1 saturated heterocycles. The number of nitrogens with zero attached hydrogens (tertiary/aromatic N) is 1. The van der Waals surface area contributed by atoms with E-state index in [2.05, 4.69) is 21.2 Å². The maximum atomic E-state index is 13.1. The average Bonchev–Trinajstić information content (AvgIpc) is 2.68. The van der Waals surface area contributed by atoms with Crippen molar-refractivity contribution in [3.05, 3.63) is 67.6 Å². The van der Waals surface area contributed by atoms with Crippen molar-refractivity contribution in [2.75, 3.05) is 20.1 Å². The molecule has 0 aromatic heterocycles. The van der Waals surface area contributed by atoms with Crippen LogP contribution in [0.4, 0.5) is 13.2 Å². The average molecular weight is 510 g/mol. The van der Waals surface area contributed by atoms with Crippen molar-refractivity contribution in [2.45, 2.75) is 24.6 Å². The first-order valence-electron chi connectivity index (χ1n) is 8.88. The van der Waals surface area contributed by atoms with E-state index in [0.29, 0.717) is 29.6 Å². The lowest BCUT2D eigenvalue weighted by Crippen LogP contribution is -2.49. The summed E-state index contributed by atoms with van der Waals surface area (Å²) in [5.41, 5.74) is 0.0389. The number of nitrogens with one attached hydrogen (secondary N) is 1. The molecular weight excluding hydrogens is 492 g/mol. The van der Waals surface area contributed by atoms with Crippen LogP contribution in [-0.4, -0.2) is 37.0 Å². The number of piperidine rings is 1. The van der Waals surface area contributed by atoms with Gasteiger partial charge in [0.05, 0.1) is 15.6 Å². The van der Waals surface area contributed by atoms with Gasteiger partial charge in [-0.2, -0.15) is 13.2 Å². The molecule has 0 aliphatic carbocycles. The van der Waals surface area contributed by atoms with Gasteiger partial charge in [0, 0.05) is 35.6 Å². The molecule has 2 aromatic rings. The Kier molecular flexibility index (Phi) is 6.83. The number of hydrogen-bond donors (Lipinski definition) is 1. The summed E-state index contributed by atoms with van der Waals surface area (Å²) < 4.78 is 39.6. The smallest absolute Gasteiger partial charge is 0.338 e. The molecule has 156 valence electrons. The summed E-state index contributed by atoms with van der Waals surface area (Å²) >= 11 is 15.2. The van der Waals surface area contributed by atoms with Crippen LogP contribution in [-0.2, 0) is 6.18 Å². The Balaban J connectivity index is 1.91. The van der Waals surface area contributed by atoms with Crippen molar-refractivity contribution in [2.24, 2.45) is 0 Å². The van der Waals surface area contributed by atoms with Crippen molar-refractivity contribution in [1.82, 2.24) is 10.2 Å². The third kappa shape index (κ3) is 5.08. The van der Waals surface area contributed by atoms with E-state index in [0.717, 1.165) is 17.7 Å². The number of hydrogen-bond acceptors (Lipinski definition) is 2. The first kappa shape index (κ1) is 22.4. The highest BCUT2D eigenvalue weighted by Gasteiger charge is 2.35. The van der Waals surface area contributed by atoms with Crippen LogP contribution in [0.5, 0.6) is 0 Å². The summed E-state index contributed by atoms with van der Waals surface area (Å²) in [5, 5.41) is 4.16. The molecule has 1 fully saturated rings. The first-order chi connectivity index (χ1) is 13.6. The van der Waals surface area contributed by atoms with Crippen LogP contribution in [0, 0.1) is 0 Å². The molecule has 1 aliphatic rings. The third-order valence-electron chi connectivity index (χ3n) is 5.11. The molecule has 2 atom stereocenters. The first-order valence-corrected chi connectivity index (χ1v) is 10.4. The summed E-state index contributed by atoms with van der Waals surface area (Å²) in [7, 11) is 1.62. The topological polar surface area (TPSA) is 32.3 Å². The van der Waals surface area contributed by atoms with Crippen molar-refractivity contribution < 1.29 is 18.0 Å². The molecule has 2 aromatic carbocycles. The van der Waals surface area contributed by atoms with Gasteiger partial charge in [0.15, 0.2) is 0 Å². The summed E-state index contributed by atoms with van der Waals surface area (Å²) in [6.45, 7) is 1.32. The summed E-state index contributed by atoms with van der Waals surface area (Å²) in [6.07, 6.45) is -3.87. The predicted octanol–water partition coefficient (Wildman–Crippen LogP) is 5.99. The highest BCUT2D eigenvalue weighted by Crippen LogP contribution is 2.34. The molecule has 0 saturated carbocycles. The van der Waals surface area contributed by atoms with Crippen LogP contribution in [0.1, 0.15) is 33.8 Å². The van der Waals surface area contributed by atoms with E-state index < -0.39 is 17.6 Å². The lowest BCUT2D eigenvalue weighted by atomic mass is 9.85. The van der Waals surface area contributed by atoms with Crippen molar-refractivity contribution >= 4 is 45.0 Å². The monoisotopic (exact) mass is 508 g/mol. The number of amides is 1. The fourth-order valence-corrected chi connectivity index (χ4v) is 4.42. The number of carbonyl (C=O) groups excluding carboxylic acids is 1. The van der Waals surface area contributed by atoms with E-state index >= 15 is 0 Å². The quantitative estimate of drug-likeness (QED) is 0.551. The number of halogens is 6. The molecule has 1 aliphatic heterocycles. The number of rotatable bonds is 3. The molecule has 1 amide bonds. The molecule has 0 unspecified atom stereocenters. The van der Waals surface area contributed by atoms with Crippen LogP contribution < -0.4 is 5.32 Å².